The second kappa shape index (κ2) is 6.18. The van der Waals surface area contributed by atoms with Gasteiger partial charge in [0.05, 0.1) is 11.9 Å². The van der Waals surface area contributed by atoms with Crippen molar-refractivity contribution in [2.75, 3.05) is 13.1 Å². The highest BCUT2D eigenvalue weighted by Gasteiger charge is 2.54. The van der Waals surface area contributed by atoms with E-state index in [4.69, 9.17) is 0 Å². The van der Waals surface area contributed by atoms with Crippen molar-refractivity contribution in [1.29, 1.82) is 0 Å². The molecule has 0 unspecified atom stereocenters. The Bertz CT molecular complexity index is 705. The quantitative estimate of drug-likeness (QED) is 0.842. The molecule has 1 aliphatic rings. The van der Waals surface area contributed by atoms with Crippen molar-refractivity contribution >= 4 is 0 Å². The summed E-state index contributed by atoms with van der Waals surface area (Å²) in [6.45, 7) is 0.559. The molecule has 2 aromatic rings. The summed E-state index contributed by atoms with van der Waals surface area (Å²) >= 11 is 0. The number of aromatic amines is 1. The van der Waals surface area contributed by atoms with Gasteiger partial charge in [0.25, 0.3) is 0 Å². The lowest BCUT2D eigenvalue weighted by atomic mass is 9.90. The van der Waals surface area contributed by atoms with Crippen molar-refractivity contribution in [3.05, 3.63) is 41.8 Å². The van der Waals surface area contributed by atoms with E-state index in [1.54, 1.807) is 29.3 Å². The monoisotopic (exact) mass is 343 g/mol. The average Bonchev–Trinajstić information content (AvgIpc) is 2.97. The van der Waals surface area contributed by atoms with E-state index in [1.807, 2.05) is 0 Å². The summed E-state index contributed by atoms with van der Waals surface area (Å²) in [5.74, 6) is -0.395. The molecule has 0 aliphatic carbocycles. The molecule has 2 heterocycles. The molecule has 1 aliphatic heterocycles. The summed E-state index contributed by atoms with van der Waals surface area (Å²) in [4.78, 5) is 1.80. The van der Waals surface area contributed by atoms with Crippen LogP contribution in [0, 0.1) is 5.82 Å². The van der Waals surface area contributed by atoms with Gasteiger partial charge in [0.1, 0.15) is 5.82 Å². The Hall–Kier alpha value is -1.93. The molecule has 8 heteroatoms. The Morgan fingerprint density at radius 1 is 1.21 bits per heavy atom. The van der Waals surface area contributed by atoms with Gasteiger partial charge in [-0.3, -0.25) is 10.00 Å². The van der Waals surface area contributed by atoms with Gasteiger partial charge in [-0.2, -0.15) is 18.3 Å². The summed E-state index contributed by atoms with van der Waals surface area (Å²) in [7, 11) is 0. The SMILES string of the molecule is OC1(C(F)(F)F)CCN(Cc2cn[nH]c2-c2ccccc2F)CC1. The van der Waals surface area contributed by atoms with Crippen molar-refractivity contribution in [1.82, 2.24) is 15.1 Å². The Morgan fingerprint density at radius 3 is 2.50 bits per heavy atom. The van der Waals surface area contributed by atoms with Crippen molar-refractivity contribution in [2.45, 2.75) is 31.2 Å². The first kappa shape index (κ1) is 16.9. The molecule has 1 aromatic carbocycles. The predicted molar refractivity (Wildman–Crippen MR) is 79.5 cm³/mol. The molecular formula is C16H17F4N3O. The van der Waals surface area contributed by atoms with Crippen LogP contribution in [0.15, 0.2) is 30.5 Å². The van der Waals surface area contributed by atoms with Gasteiger partial charge in [-0.05, 0) is 25.0 Å². The van der Waals surface area contributed by atoms with Crippen LogP contribution in [0.4, 0.5) is 17.6 Å². The van der Waals surface area contributed by atoms with E-state index >= 15 is 0 Å². The molecule has 3 rings (SSSR count). The number of aromatic nitrogens is 2. The number of likely N-dealkylation sites (tertiary alicyclic amines) is 1. The molecular weight excluding hydrogens is 326 g/mol. The highest BCUT2D eigenvalue weighted by Crippen LogP contribution is 2.38. The second-order valence-electron chi connectivity index (χ2n) is 6.06. The molecule has 0 spiro atoms. The molecule has 1 aromatic heterocycles. The third-order valence-electron chi connectivity index (χ3n) is 4.47. The van der Waals surface area contributed by atoms with E-state index < -0.39 is 17.6 Å². The fourth-order valence-electron chi connectivity index (χ4n) is 2.93. The fourth-order valence-corrected chi connectivity index (χ4v) is 2.93. The average molecular weight is 343 g/mol. The molecule has 0 radical (unpaired) electrons. The Kier molecular flexibility index (Phi) is 4.35. The number of hydrogen-bond acceptors (Lipinski definition) is 3. The number of nitrogens with zero attached hydrogens (tertiary/aromatic N) is 2. The predicted octanol–water partition coefficient (Wildman–Crippen LogP) is 3.11. The molecule has 0 bridgehead atoms. The van der Waals surface area contributed by atoms with Crippen LogP contribution in [0.3, 0.4) is 0 Å². The second-order valence-corrected chi connectivity index (χ2v) is 6.06. The van der Waals surface area contributed by atoms with E-state index in [2.05, 4.69) is 10.2 Å². The van der Waals surface area contributed by atoms with Gasteiger partial charge in [0.2, 0.25) is 0 Å². The van der Waals surface area contributed by atoms with Gasteiger partial charge in [0.15, 0.2) is 5.60 Å². The molecule has 0 atom stereocenters. The maximum absolute atomic E-state index is 13.9. The van der Waals surface area contributed by atoms with Crippen LogP contribution in [0.2, 0.25) is 0 Å². The fraction of sp³-hybridized carbons (Fsp3) is 0.438. The van der Waals surface area contributed by atoms with Crippen molar-refractivity contribution < 1.29 is 22.7 Å². The molecule has 1 fully saturated rings. The van der Waals surface area contributed by atoms with Gasteiger partial charge in [0, 0.05) is 30.8 Å². The van der Waals surface area contributed by atoms with E-state index in [0.29, 0.717) is 23.4 Å². The summed E-state index contributed by atoms with van der Waals surface area (Å²) in [6.07, 6.45) is -3.81. The van der Waals surface area contributed by atoms with Crippen LogP contribution >= 0.6 is 0 Å². The maximum Gasteiger partial charge on any atom is 0.417 e. The molecule has 0 amide bonds. The van der Waals surface area contributed by atoms with Crippen molar-refractivity contribution in [3.8, 4) is 11.3 Å². The Morgan fingerprint density at radius 2 is 1.88 bits per heavy atom. The molecule has 24 heavy (non-hydrogen) atoms. The zero-order valence-electron chi connectivity index (χ0n) is 12.8. The van der Waals surface area contributed by atoms with E-state index in [9.17, 15) is 22.7 Å². The minimum absolute atomic E-state index is 0.109. The number of H-pyrrole nitrogens is 1. The van der Waals surface area contributed by atoms with Gasteiger partial charge in [-0.15, -0.1) is 0 Å². The van der Waals surface area contributed by atoms with E-state index in [1.165, 1.54) is 6.07 Å². The first-order valence-corrected chi connectivity index (χ1v) is 7.59. The Labute approximate surface area is 136 Å². The number of alkyl halides is 3. The number of halogens is 4. The lowest BCUT2D eigenvalue weighted by Gasteiger charge is -2.39. The summed E-state index contributed by atoms with van der Waals surface area (Å²) in [5, 5.41) is 16.4. The molecule has 130 valence electrons. The molecule has 1 saturated heterocycles. The maximum atomic E-state index is 13.9. The zero-order chi connectivity index (χ0) is 17.4. The number of hydrogen-bond donors (Lipinski definition) is 2. The van der Waals surface area contributed by atoms with Crippen LogP contribution in [-0.2, 0) is 6.54 Å². The molecule has 4 nitrogen and oxygen atoms in total. The van der Waals surface area contributed by atoms with Crippen LogP contribution in [0.1, 0.15) is 18.4 Å². The van der Waals surface area contributed by atoms with Gasteiger partial charge in [-0.25, -0.2) is 4.39 Å². The Balaban J connectivity index is 1.72. The molecule has 0 saturated carbocycles. The summed E-state index contributed by atoms with van der Waals surface area (Å²) in [5.41, 5.74) is -1.02. The number of nitrogens with one attached hydrogen (secondary N) is 1. The van der Waals surface area contributed by atoms with E-state index in [-0.39, 0.29) is 25.9 Å². The smallest absolute Gasteiger partial charge is 0.380 e. The number of aliphatic hydroxyl groups is 1. The molecule has 2 N–H and O–H groups in total. The number of piperidine rings is 1. The lowest BCUT2D eigenvalue weighted by Crippen LogP contribution is -2.53. The van der Waals surface area contributed by atoms with Gasteiger partial charge < -0.3 is 5.11 Å². The largest absolute Gasteiger partial charge is 0.417 e. The number of benzene rings is 1. The highest BCUT2D eigenvalue weighted by atomic mass is 19.4. The normalized spacial score (nSPS) is 18.7. The van der Waals surface area contributed by atoms with Crippen LogP contribution in [-0.4, -0.2) is 45.1 Å². The number of rotatable bonds is 3. The first-order chi connectivity index (χ1) is 11.3. The van der Waals surface area contributed by atoms with Crippen LogP contribution in [0.5, 0.6) is 0 Å². The summed E-state index contributed by atoms with van der Waals surface area (Å²) < 4.78 is 52.4. The minimum atomic E-state index is -4.62. The zero-order valence-corrected chi connectivity index (χ0v) is 12.8. The first-order valence-electron chi connectivity index (χ1n) is 7.59. The topological polar surface area (TPSA) is 52.1 Å². The standard InChI is InChI=1S/C16H17F4N3O/c17-13-4-2-1-3-12(13)14-11(9-21-22-14)10-23-7-5-15(24,6-8-23)16(18,19)20/h1-4,9,24H,5-8,10H2,(H,21,22). The third kappa shape index (κ3) is 3.16. The lowest BCUT2D eigenvalue weighted by molar-refractivity contribution is -0.272. The van der Waals surface area contributed by atoms with Crippen molar-refractivity contribution in [3.63, 3.8) is 0 Å². The highest BCUT2D eigenvalue weighted by molar-refractivity contribution is 5.63. The van der Waals surface area contributed by atoms with Gasteiger partial charge in [-0.1, -0.05) is 12.1 Å². The van der Waals surface area contributed by atoms with Crippen molar-refractivity contribution in [2.24, 2.45) is 0 Å². The van der Waals surface area contributed by atoms with Crippen LogP contribution in [0.25, 0.3) is 11.3 Å². The van der Waals surface area contributed by atoms with Crippen LogP contribution < -0.4 is 0 Å². The third-order valence-corrected chi connectivity index (χ3v) is 4.47. The van der Waals surface area contributed by atoms with E-state index in [0.717, 1.165) is 0 Å². The van der Waals surface area contributed by atoms with Gasteiger partial charge >= 0.3 is 6.18 Å². The summed E-state index contributed by atoms with van der Waals surface area (Å²) in [6, 6.07) is 6.24. The minimum Gasteiger partial charge on any atom is -0.380 e.